The van der Waals surface area contributed by atoms with Crippen LogP contribution in [0.15, 0.2) is 0 Å². The van der Waals surface area contributed by atoms with Crippen molar-refractivity contribution in [3.8, 4) is 12.3 Å². The van der Waals surface area contributed by atoms with Gasteiger partial charge in [0.15, 0.2) is 0 Å². The standard InChI is InChI=1S/C35H62N4O5/c1-7-11-18-39(37-33(42)19-25(5)6)24-32(41)31(22-27-12-14-30(40)15-13-27)36-34(43)28-20-26(10-4)21-29(23-28)35(44)38(16-8-2)17-9-3/h4,25-32,40-41H,7-9,11-24H2,1-3,5-6H3,(H,36,43)(H,37,42). The van der Waals surface area contributed by atoms with E-state index in [1.807, 2.05) is 18.7 Å². The molecule has 9 heteroatoms. The summed E-state index contributed by atoms with van der Waals surface area (Å²) in [6.07, 6.45) is 13.9. The molecule has 252 valence electrons. The highest BCUT2D eigenvalue weighted by atomic mass is 16.3. The summed E-state index contributed by atoms with van der Waals surface area (Å²) in [5.74, 6) is 2.32. The molecular weight excluding hydrogens is 556 g/mol. The largest absolute Gasteiger partial charge is 0.393 e. The molecule has 9 nitrogen and oxygen atoms in total. The number of carbonyl (C=O) groups is 3. The fraction of sp³-hybridized carbons (Fsp3) is 0.857. The molecule has 2 aliphatic rings. The Kier molecular flexibility index (Phi) is 17.4. The van der Waals surface area contributed by atoms with Gasteiger partial charge < -0.3 is 20.4 Å². The van der Waals surface area contributed by atoms with Crippen molar-refractivity contribution in [2.75, 3.05) is 26.2 Å². The molecule has 2 aliphatic carbocycles. The van der Waals surface area contributed by atoms with E-state index in [4.69, 9.17) is 6.42 Å². The van der Waals surface area contributed by atoms with Crippen LogP contribution in [0, 0.1) is 41.9 Å². The Labute approximate surface area is 267 Å². The van der Waals surface area contributed by atoms with Crippen LogP contribution in [0.25, 0.3) is 0 Å². The summed E-state index contributed by atoms with van der Waals surface area (Å²) < 4.78 is 0. The van der Waals surface area contributed by atoms with Crippen molar-refractivity contribution in [2.45, 2.75) is 136 Å². The van der Waals surface area contributed by atoms with Crippen LogP contribution in [-0.4, -0.2) is 82.3 Å². The molecule has 5 atom stereocenters. The highest BCUT2D eigenvalue weighted by Crippen LogP contribution is 2.35. The third kappa shape index (κ3) is 13.1. The molecule has 0 spiro atoms. The molecule has 2 saturated carbocycles. The van der Waals surface area contributed by atoms with Gasteiger partial charge in [-0.05, 0) is 82.5 Å². The van der Waals surface area contributed by atoms with E-state index in [1.165, 1.54) is 0 Å². The maximum absolute atomic E-state index is 13.9. The van der Waals surface area contributed by atoms with Gasteiger partial charge in [0.2, 0.25) is 17.7 Å². The Morgan fingerprint density at radius 1 is 0.932 bits per heavy atom. The van der Waals surface area contributed by atoms with Crippen LogP contribution in [0.5, 0.6) is 0 Å². The van der Waals surface area contributed by atoms with Crippen LogP contribution < -0.4 is 10.7 Å². The molecule has 4 N–H and O–H groups in total. The Hall–Kier alpha value is -2.15. The number of carbonyl (C=O) groups excluding carboxylic acids is 3. The van der Waals surface area contributed by atoms with Crippen molar-refractivity contribution in [1.82, 2.24) is 20.7 Å². The van der Waals surface area contributed by atoms with Gasteiger partial charge in [-0.3, -0.25) is 19.8 Å². The normalized spacial score (nSPS) is 25.2. The number of aliphatic hydroxyl groups excluding tert-OH is 2. The van der Waals surface area contributed by atoms with Crippen LogP contribution in [0.2, 0.25) is 0 Å². The molecule has 0 radical (unpaired) electrons. The Bertz CT molecular complexity index is 907. The van der Waals surface area contributed by atoms with Crippen LogP contribution in [0.3, 0.4) is 0 Å². The van der Waals surface area contributed by atoms with E-state index >= 15 is 0 Å². The number of nitrogens with zero attached hydrogens (tertiary/aromatic N) is 2. The Morgan fingerprint density at radius 3 is 2.14 bits per heavy atom. The minimum atomic E-state index is -0.906. The van der Waals surface area contributed by atoms with Gasteiger partial charge in [-0.2, -0.15) is 0 Å². The predicted octanol–water partition coefficient (Wildman–Crippen LogP) is 4.27. The monoisotopic (exact) mass is 618 g/mol. The number of aliphatic hydroxyl groups is 2. The van der Waals surface area contributed by atoms with E-state index in [1.54, 1.807) is 5.01 Å². The molecule has 0 bridgehead atoms. The summed E-state index contributed by atoms with van der Waals surface area (Å²) in [5, 5.41) is 26.6. The zero-order chi connectivity index (χ0) is 32.6. The number of terminal acetylenes is 1. The van der Waals surface area contributed by atoms with Gasteiger partial charge in [0, 0.05) is 50.4 Å². The molecule has 2 rings (SSSR count). The van der Waals surface area contributed by atoms with Crippen molar-refractivity contribution in [2.24, 2.45) is 29.6 Å². The van der Waals surface area contributed by atoms with E-state index in [0.717, 1.165) is 51.4 Å². The first-order chi connectivity index (χ1) is 21.0. The van der Waals surface area contributed by atoms with Crippen LogP contribution in [-0.2, 0) is 14.4 Å². The van der Waals surface area contributed by atoms with Crippen molar-refractivity contribution >= 4 is 17.7 Å². The fourth-order valence-corrected chi connectivity index (χ4v) is 6.84. The van der Waals surface area contributed by atoms with Gasteiger partial charge in [-0.25, -0.2) is 5.01 Å². The highest BCUT2D eigenvalue weighted by Gasteiger charge is 2.39. The molecule has 0 aromatic carbocycles. The second kappa shape index (κ2) is 20.1. The third-order valence-electron chi connectivity index (χ3n) is 9.22. The summed E-state index contributed by atoms with van der Waals surface area (Å²) in [5.41, 5.74) is 2.98. The van der Waals surface area contributed by atoms with Gasteiger partial charge in [-0.15, -0.1) is 12.3 Å². The smallest absolute Gasteiger partial charge is 0.234 e. The quantitative estimate of drug-likeness (QED) is 0.135. The minimum absolute atomic E-state index is 0.0800. The lowest BCUT2D eigenvalue weighted by Gasteiger charge is -2.37. The lowest BCUT2D eigenvalue weighted by Crippen LogP contribution is -2.54. The van der Waals surface area contributed by atoms with Crippen LogP contribution >= 0.6 is 0 Å². The summed E-state index contributed by atoms with van der Waals surface area (Å²) in [6, 6.07) is -0.522. The first-order valence-corrected chi connectivity index (χ1v) is 17.5. The fourth-order valence-electron chi connectivity index (χ4n) is 6.84. The molecular formula is C35H62N4O5. The van der Waals surface area contributed by atoms with Gasteiger partial charge in [0.1, 0.15) is 0 Å². The first kappa shape index (κ1) is 38.0. The highest BCUT2D eigenvalue weighted by molar-refractivity contribution is 5.83. The number of amides is 3. The number of hydrazine groups is 1. The molecule has 0 aliphatic heterocycles. The molecule has 0 aromatic heterocycles. The van der Waals surface area contributed by atoms with Crippen molar-refractivity contribution in [3.63, 3.8) is 0 Å². The topological polar surface area (TPSA) is 122 Å². The number of hydrogen-bond donors (Lipinski definition) is 4. The summed E-state index contributed by atoms with van der Waals surface area (Å²) >= 11 is 0. The molecule has 0 heterocycles. The maximum atomic E-state index is 13.9. The second-order valence-electron chi connectivity index (χ2n) is 13.8. The average Bonchev–Trinajstić information content (AvgIpc) is 2.99. The van der Waals surface area contributed by atoms with E-state index in [9.17, 15) is 24.6 Å². The van der Waals surface area contributed by atoms with E-state index < -0.39 is 18.1 Å². The van der Waals surface area contributed by atoms with Gasteiger partial charge in [0.05, 0.1) is 18.2 Å². The molecule has 2 fully saturated rings. The summed E-state index contributed by atoms with van der Waals surface area (Å²) in [7, 11) is 0. The average molecular weight is 619 g/mol. The maximum Gasteiger partial charge on any atom is 0.234 e. The lowest BCUT2D eigenvalue weighted by molar-refractivity contribution is -0.139. The minimum Gasteiger partial charge on any atom is -0.393 e. The molecule has 0 saturated heterocycles. The third-order valence-corrected chi connectivity index (χ3v) is 9.22. The summed E-state index contributed by atoms with van der Waals surface area (Å²) in [4.78, 5) is 41.9. The SMILES string of the molecule is C#CC1CC(C(=O)NC(CC2CCC(O)CC2)C(O)CN(CCCC)NC(=O)CC(C)C)CC(C(=O)N(CCC)CCC)C1. The number of unbranched alkanes of at least 4 members (excludes halogenated alkanes) is 1. The van der Waals surface area contributed by atoms with Crippen LogP contribution in [0.4, 0.5) is 0 Å². The summed E-state index contributed by atoms with van der Waals surface area (Å²) in [6.45, 7) is 12.4. The van der Waals surface area contributed by atoms with Gasteiger partial charge in [0.25, 0.3) is 0 Å². The van der Waals surface area contributed by atoms with E-state index in [-0.39, 0.29) is 54.0 Å². The predicted molar refractivity (Wildman–Crippen MR) is 175 cm³/mol. The van der Waals surface area contributed by atoms with Gasteiger partial charge in [-0.1, -0.05) is 41.0 Å². The van der Waals surface area contributed by atoms with Gasteiger partial charge >= 0.3 is 0 Å². The molecule has 0 aromatic rings. The van der Waals surface area contributed by atoms with Crippen molar-refractivity contribution < 1.29 is 24.6 Å². The number of rotatable bonds is 18. The molecule has 5 unspecified atom stereocenters. The van der Waals surface area contributed by atoms with Crippen LogP contribution in [0.1, 0.15) is 118 Å². The van der Waals surface area contributed by atoms with Crippen molar-refractivity contribution in [3.05, 3.63) is 0 Å². The zero-order valence-electron chi connectivity index (χ0n) is 28.2. The van der Waals surface area contributed by atoms with E-state index in [0.29, 0.717) is 51.7 Å². The number of hydrogen-bond acceptors (Lipinski definition) is 6. The second-order valence-corrected chi connectivity index (χ2v) is 13.8. The lowest BCUT2D eigenvalue weighted by atomic mass is 9.74. The number of nitrogens with one attached hydrogen (secondary N) is 2. The Morgan fingerprint density at radius 2 is 1.57 bits per heavy atom. The Balaban J connectivity index is 2.21. The first-order valence-electron chi connectivity index (χ1n) is 17.5. The molecule has 3 amide bonds. The molecule has 44 heavy (non-hydrogen) atoms. The van der Waals surface area contributed by atoms with E-state index in [2.05, 4.69) is 37.4 Å². The van der Waals surface area contributed by atoms with Crippen molar-refractivity contribution in [1.29, 1.82) is 0 Å². The zero-order valence-corrected chi connectivity index (χ0v) is 28.2.